The normalized spacial score (nSPS) is 55.6. The maximum Gasteiger partial charge on any atom is 0.331 e. The summed E-state index contributed by atoms with van der Waals surface area (Å²) in [6.45, 7) is 6.01. The van der Waals surface area contributed by atoms with Gasteiger partial charge in [0.05, 0.1) is 31.5 Å². The SMILES string of the molecule is COC1CC(OC2CC[C@@]3(C)C(CC[C@@]45O[C@@]46CCC(C4=CC(=O)OC4)[C@@]6(C)CCC35)C2)OC(C)C1OC1OC(COC2OC(CO)C(O)C(O)C2O)C(O)C(O)C1O. The highest BCUT2D eigenvalue weighted by molar-refractivity contribution is 5.85. The maximum absolute atomic E-state index is 12.0. The molecule has 9 rings (SSSR count). The maximum atomic E-state index is 12.0. The van der Waals surface area contributed by atoms with Gasteiger partial charge >= 0.3 is 5.97 Å². The van der Waals surface area contributed by atoms with Crippen molar-refractivity contribution < 1.29 is 83.2 Å². The van der Waals surface area contributed by atoms with E-state index >= 15 is 0 Å². The van der Waals surface area contributed by atoms with Gasteiger partial charge in [0.2, 0.25) is 0 Å². The number of aliphatic hydroxyl groups is 7. The molecule has 2 spiro atoms. The lowest BCUT2D eigenvalue weighted by atomic mass is 9.44. The van der Waals surface area contributed by atoms with Crippen LogP contribution in [-0.2, 0) is 47.4 Å². The summed E-state index contributed by atoms with van der Waals surface area (Å²) >= 11 is 0. The molecule has 17 nitrogen and oxygen atoms in total. The van der Waals surface area contributed by atoms with Gasteiger partial charge in [0, 0.05) is 25.0 Å². The average Bonchev–Trinajstić information content (AvgIpc) is 3.53. The molecule has 334 valence electrons. The van der Waals surface area contributed by atoms with Gasteiger partial charge in [-0.3, -0.25) is 0 Å². The Balaban J connectivity index is 0.796. The molecule has 0 bridgehead atoms. The van der Waals surface area contributed by atoms with E-state index < -0.39 is 99.2 Å². The summed E-state index contributed by atoms with van der Waals surface area (Å²) in [4.78, 5) is 12.0. The summed E-state index contributed by atoms with van der Waals surface area (Å²) in [6.07, 6.45) is -6.34. The van der Waals surface area contributed by atoms with Crippen molar-refractivity contribution in [2.75, 3.05) is 26.9 Å². The molecule has 5 aliphatic heterocycles. The van der Waals surface area contributed by atoms with Gasteiger partial charge in [-0.05, 0) is 93.5 Å². The number of rotatable bonds is 10. The fourth-order valence-corrected chi connectivity index (χ4v) is 13.5. The van der Waals surface area contributed by atoms with Crippen LogP contribution in [0.5, 0.6) is 0 Å². The highest BCUT2D eigenvalue weighted by Crippen LogP contribution is 2.81. The Morgan fingerprint density at radius 3 is 2.24 bits per heavy atom. The van der Waals surface area contributed by atoms with Crippen molar-refractivity contribution in [1.82, 2.24) is 0 Å². The Morgan fingerprint density at radius 2 is 1.53 bits per heavy atom. The third kappa shape index (κ3) is 6.71. The molecule has 4 saturated heterocycles. The number of epoxide rings is 1. The van der Waals surface area contributed by atoms with E-state index in [0.717, 1.165) is 63.4 Å². The molecular weight excluding hydrogens is 776 g/mol. The van der Waals surface area contributed by atoms with Crippen molar-refractivity contribution in [3.63, 3.8) is 0 Å². The molecule has 22 atom stereocenters. The predicted molar refractivity (Wildman–Crippen MR) is 200 cm³/mol. The fourth-order valence-electron chi connectivity index (χ4n) is 13.5. The third-order valence-electron chi connectivity index (χ3n) is 16.8. The van der Waals surface area contributed by atoms with Gasteiger partial charge in [-0.25, -0.2) is 4.79 Å². The smallest absolute Gasteiger partial charge is 0.331 e. The molecule has 4 aliphatic carbocycles. The van der Waals surface area contributed by atoms with Crippen LogP contribution in [0.25, 0.3) is 0 Å². The number of hydrogen-bond acceptors (Lipinski definition) is 17. The highest BCUT2D eigenvalue weighted by atomic mass is 16.8. The van der Waals surface area contributed by atoms with Crippen molar-refractivity contribution >= 4 is 5.97 Å². The first-order valence-corrected chi connectivity index (χ1v) is 21.8. The van der Waals surface area contributed by atoms with Gasteiger partial charge in [-0.1, -0.05) is 13.8 Å². The third-order valence-corrected chi connectivity index (χ3v) is 16.8. The number of fused-ring (bicyclic) bond motifs is 2. The topological polar surface area (TPSA) is 245 Å². The molecular formula is C42H64O17. The lowest BCUT2D eigenvalue weighted by molar-refractivity contribution is -0.355. The van der Waals surface area contributed by atoms with Crippen molar-refractivity contribution in [2.24, 2.45) is 28.6 Å². The summed E-state index contributed by atoms with van der Waals surface area (Å²) in [6, 6.07) is 0. The summed E-state index contributed by atoms with van der Waals surface area (Å²) in [5.74, 6) is 1.08. The van der Waals surface area contributed by atoms with E-state index in [-0.39, 0.29) is 34.1 Å². The minimum absolute atomic E-state index is 0.00419. The Labute approximate surface area is 344 Å². The molecule has 0 radical (unpaired) electrons. The summed E-state index contributed by atoms with van der Waals surface area (Å²) in [5.41, 5.74) is 1.08. The predicted octanol–water partition coefficient (Wildman–Crippen LogP) is -0.0517. The Hall–Kier alpha value is -1.39. The van der Waals surface area contributed by atoms with E-state index in [2.05, 4.69) is 13.8 Å². The lowest BCUT2D eigenvalue weighted by Gasteiger charge is -2.58. The zero-order chi connectivity index (χ0) is 41.8. The number of hydrogen-bond donors (Lipinski definition) is 7. The quantitative estimate of drug-likeness (QED) is 0.0866. The number of carbonyl (C=O) groups excluding carboxylic acids is 1. The van der Waals surface area contributed by atoms with Crippen LogP contribution in [0.15, 0.2) is 11.6 Å². The Morgan fingerprint density at radius 1 is 0.797 bits per heavy atom. The molecule has 17 heteroatoms. The van der Waals surface area contributed by atoms with Gasteiger partial charge in [0.15, 0.2) is 18.9 Å². The minimum atomic E-state index is -1.69. The van der Waals surface area contributed by atoms with Crippen LogP contribution in [0.3, 0.4) is 0 Å². The molecule has 0 aromatic rings. The number of cyclic esters (lactones) is 1. The zero-order valence-corrected chi connectivity index (χ0v) is 34.4. The highest BCUT2D eigenvalue weighted by Gasteiger charge is 2.86. The van der Waals surface area contributed by atoms with Crippen molar-refractivity contribution in [3.05, 3.63) is 11.6 Å². The van der Waals surface area contributed by atoms with E-state index in [1.807, 2.05) is 6.92 Å². The van der Waals surface area contributed by atoms with E-state index in [0.29, 0.717) is 30.8 Å². The molecule has 7 N–H and O–H groups in total. The molecule has 59 heavy (non-hydrogen) atoms. The zero-order valence-electron chi connectivity index (χ0n) is 34.4. The first-order valence-electron chi connectivity index (χ1n) is 21.8. The van der Waals surface area contributed by atoms with Crippen molar-refractivity contribution in [1.29, 1.82) is 0 Å². The molecule has 0 amide bonds. The minimum Gasteiger partial charge on any atom is -0.458 e. The number of esters is 1. The number of carbonyl (C=O) groups is 1. The molecule has 0 aromatic heterocycles. The van der Waals surface area contributed by atoms with Crippen LogP contribution in [0.2, 0.25) is 0 Å². The monoisotopic (exact) mass is 840 g/mol. The largest absolute Gasteiger partial charge is 0.458 e. The summed E-state index contributed by atoms with van der Waals surface area (Å²) in [7, 11) is 1.56. The Bertz CT molecular complexity index is 1600. The number of aliphatic hydroxyl groups excluding tert-OH is 7. The second-order valence-corrected chi connectivity index (χ2v) is 19.4. The second kappa shape index (κ2) is 15.7. The van der Waals surface area contributed by atoms with Crippen molar-refractivity contribution in [2.45, 2.75) is 188 Å². The van der Waals surface area contributed by atoms with Crippen LogP contribution in [-0.4, -0.2) is 172 Å². The number of methoxy groups -OCH3 is 1. The number of ether oxygens (including phenoxy) is 9. The lowest BCUT2D eigenvalue weighted by Crippen LogP contribution is -2.63. The molecule has 4 saturated carbocycles. The van der Waals surface area contributed by atoms with Crippen LogP contribution in [0.4, 0.5) is 0 Å². The first-order chi connectivity index (χ1) is 28.1. The van der Waals surface area contributed by atoms with Crippen LogP contribution >= 0.6 is 0 Å². The average molecular weight is 841 g/mol. The van der Waals surface area contributed by atoms with Crippen LogP contribution in [0.1, 0.15) is 85.0 Å². The van der Waals surface area contributed by atoms with Crippen molar-refractivity contribution in [3.8, 4) is 0 Å². The van der Waals surface area contributed by atoms with E-state index in [1.165, 1.54) is 0 Å². The Kier molecular flexibility index (Phi) is 11.4. The van der Waals surface area contributed by atoms with Crippen LogP contribution in [0, 0.1) is 28.6 Å². The molecule has 8 fully saturated rings. The summed E-state index contributed by atoms with van der Waals surface area (Å²) < 4.78 is 54.5. The van der Waals surface area contributed by atoms with E-state index in [9.17, 15) is 40.5 Å². The fraction of sp³-hybridized carbons (Fsp3) is 0.929. The summed E-state index contributed by atoms with van der Waals surface area (Å²) in [5, 5.41) is 72.5. The second-order valence-electron chi connectivity index (χ2n) is 19.4. The molecule has 0 aromatic carbocycles. The van der Waals surface area contributed by atoms with Gasteiger partial charge < -0.3 is 78.4 Å². The van der Waals surface area contributed by atoms with Gasteiger partial charge in [0.25, 0.3) is 0 Å². The van der Waals surface area contributed by atoms with Crippen LogP contribution < -0.4 is 0 Å². The van der Waals surface area contributed by atoms with E-state index in [4.69, 9.17) is 42.6 Å². The molecule has 18 unspecified atom stereocenters. The van der Waals surface area contributed by atoms with E-state index in [1.54, 1.807) is 13.2 Å². The van der Waals surface area contributed by atoms with Gasteiger partial charge in [-0.2, -0.15) is 0 Å². The molecule has 5 heterocycles. The van der Waals surface area contributed by atoms with Gasteiger partial charge in [0.1, 0.15) is 72.7 Å². The standard InChI is InChI=1S/C42H64O17/c1-19-36(58-38-35(50)33(48)31(46)26(57-38)18-53-37-34(49)32(47)30(45)25(16-43)56-37)24(51-4)15-29(54-19)55-22-6-9-39(2)21(14-22)5-11-41-27(39)8-10-40(3)23(7-12-42(40,41)59-41)20-13-28(44)52-17-20/h13,19,21-27,29-38,43,45-50H,5-12,14-18H2,1-4H3/t19?,21?,22?,23?,24?,25?,26?,27?,29?,30?,31?,32?,33?,34?,35?,36?,37?,38?,39-,40+,41-,42+/m0/s1. The van der Waals surface area contributed by atoms with Gasteiger partial charge in [-0.15, -0.1) is 0 Å². The molecule has 9 aliphatic rings. The first kappa shape index (κ1) is 42.9.